The maximum atomic E-state index is 12.5. The average Bonchev–Trinajstić information content (AvgIpc) is 3.44. The molecule has 1 saturated heterocycles. The van der Waals surface area contributed by atoms with Crippen LogP contribution in [-0.2, 0) is 9.53 Å². The van der Waals surface area contributed by atoms with Crippen LogP contribution in [0.15, 0.2) is 77.4 Å². The van der Waals surface area contributed by atoms with Crippen LogP contribution < -0.4 is 10.6 Å². The fourth-order valence-corrected chi connectivity index (χ4v) is 3.47. The van der Waals surface area contributed by atoms with Crippen molar-refractivity contribution in [1.82, 2.24) is 9.80 Å². The Morgan fingerprint density at radius 2 is 1.43 bits per heavy atom. The highest BCUT2D eigenvalue weighted by Crippen LogP contribution is 2.13. The minimum absolute atomic E-state index is 0.171. The molecule has 10 heteroatoms. The molecular formula is C25H24N4O6. The molecule has 180 valence electrons. The van der Waals surface area contributed by atoms with Crippen LogP contribution >= 0.6 is 0 Å². The van der Waals surface area contributed by atoms with E-state index in [1.807, 2.05) is 18.2 Å². The summed E-state index contributed by atoms with van der Waals surface area (Å²) in [6.45, 7) is 1.06. The summed E-state index contributed by atoms with van der Waals surface area (Å²) >= 11 is 0. The van der Waals surface area contributed by atoms with E-state index < -0.39 is 18.5 Å². The molecular weight excluding hydrogens is 452 g/mol. The number of anilines is 2. The number of carbonyl (C=O) groups is 4. The molecule has 4 amide bonds. The van der Waals surface area contributed by atoms with Gasteiger partial charge in [0.15, 0.2) is 12.4 Å². The van der Waals surface area contributed by atoms with E-state index in [2.05, 4.69) is 10.6 Å². The predicted molar refractivity (Wildman–Crippen MR) is 127 cm³/mol. The second kappa shape index (κ2) is 11.0. The average molecular weight is 476 g/mol. The van der Waals surface area contributed by atoms with Crippen molar-refractivity contribution in [3.8, 4) is 0 Å². The summed E-state index contributed by atoms with van der Waals surface area (Å²) in [5.74, 6) is -1.22. The van der Waals surface area contributed by atoms with Crippen LogP contribution in [-0.4, -0.2) is 66.4 Å². The summed E-state index contributed by atoms with van der Waals surface area (Å²) in [5, 5.41) is 5.47. The van der Waals surface area contributed by atoms with Crippen LogP contribution in [0.4, 0.5) is 16.2 Å². The van der Waals surface area contributed by atoms with Crippen molar-refractivity contribution in [2.75, 3.05) is 43.4 Å². The quantitative estimate of drug-likeness (QED) is 0.528. The van der Waals surface area contributed by atoms with Gasteiger partial charge in [0.2, 0.25) is 0 Å². The van der Waals surface area contributed by atoms with Crippen molar-refractivity contribution in [1.29, 1.82) is 0 Å². The summed E-state index contributed by atoms with van der Waals surface area (Å²) in [7, 11) is 0. The number of nitrogens with zero attached hydrogens (tertiary/aromatic N) is 2. The lowest BCUT2D eigenvalue weighted by atomic mass is 10.2. The van der Waals surface area contributed by atoms with E-state index in [0.29, 0.717) is 37.6 Å². The van der Waals surface area contributed by atoms with Crippen molar-refractivity contribution in [3.05, 3.63) is 84.3 Å². The maximum Gasteiger partial charge on any atom is 0.338 e. The lowest BCUT2D eigenvalue weighted by molar-refractivity contribution is -0.135. The Morgan fingerprint density at radius 3 is 2.09 bits per heavy atom. The van der Waals surface area contributed by atoms with Crippen molar-refractivity contribution in [2.24, 2.45) is 0 Å². The van der Waals surface area contributed by atoms with Gasteiger partial charge in [-0.15, -0.1) is 0 Å². The molecule has 1 aromatic heterocycles. The summed E-state index contributed by atoms with van der Waals surface area (Å²) in [4.78, 5) is 52.3. The number of furan rings is 1. The van der Waals surface area contributed by atoms with E-state index in [-0.39, 0.29) is 23.3 Å². The molecule has 0 unspecified atom stereocenters. The third-order valence-corrected chi connectivity index (χ3v) is 5.39. The summed E-state index contributed by atoms with van der Waals surface area (Å²) in [5.41, 5.74) is 1.43. The van der Waals surface area contributed by atoms with Gasteiger partial charge in [-0.25, -0.2) is 9.59 Å². The third kappa shape index (κ3) is 6.26. The van der Waals surface area contributed by atoms with Gasteiger partial charge in [0.05, 0.1) is 11.8 Å². The highest BCUT2D eigenvalue weighted by molar-refractivity contribution is 6.02. The molecule has 1 aliphatic rings. The van der Waals surface area contributed by atoms with Crippen LogP contribution in [0.1, 0.15) is 20.9 Å². The molecule has 2 aromatic carbocycles. The number of urea groups is 1. The Morgan fingerprint density at radius 1 is 0.771 bits per heavy atom. The number of esters is 1. The topological polar surface area (TPSA) is 121 Å². The van der Waals surface area contributed by atoms with Crippen LogP contribution in [0.2, 0.25) is 0 Å². The van der Waals surface area contributed by atoms with E-state index in [0.717, 1.165) is 0 Å². The molecule has 0 atom stereocenters. The molecule has 2 N–H and O–H groups in total. The Bertz CT molecular complexity index is 1170. The molecule has 3 aromatic rings. The first-order valence-electron chi connectivity index (χ1n) is 11.0. The SMILES string of the molecule is O=C(OCC(=O)N1CCN(C(=O)Nc2ccccc2)CC1)c1ccc(NC(=O)c2ccco2)cc1. The third-order valence-electron chi connectivity index (χ3n) is 5.39. The van der Waals surface area contributed by atoms with Crippen molar-refractivity contribution in [2.45, 2.75) is 0 Å². The molecule has 1 fully saturated rings. The van der Waals surface area contributed by atoms with Gasteiger partial charge in [0.25, 0.3) is 11.8 Å². The van der Waals surface area contributed by atoms with E-state index in [4.69, 9.17) is 9.15 Å². The lowest BCUT2D eigenvalue weighted by Crippen LogP contribution is -2.52. The van der Waals surface area contributed by atoms with Crippen LogP contribution in [0, 0.1) is 0 Å². The zero-order valence-corrected chi connectivity index (χ0v) is 18.8. The smallest absolute Gasteiger partial charge is 0.338 e. The van der Waals surface area contributed by atoms with Crippen molar-refractivity contribution < 1.29 is 28.3 Å². The van der Waals surface area contributed by atoms with Gasteiger partial charge < -0.3 is 29.6 Å². The highest BCUT2D eigenvalue weighted by atomic mass is 16.5. The Kier molecular flexibility index (Phi) is 7.41. The van der Waals surface area contributed by atoms with Gasteiger partial charge in [-0.05, 0) is 48.5 Å². The van der Waals surface area contributed by atoms with E-state index in [1.54, 1.807) is 40.1 Å². The zero-order chi connectivity index (χ0) is 24.6. The molecule has 4 rings (SSSR count). The molecule has 2 heterocycles. The van der Waals surface area contributed by atoms with Crippen LogP contribution in [0.25, 0.3) is 0 Å². The van der Waals surface area contributed by atoms with Crippen molar-refractivity contribution in [3.63, 3.8) is 0 Å². The minimum Gasteiger partial charge on any atom is -0.459 e. The van der Waals surface area contributed by atoms with Crippen molar-refractivity contribution >= 4 is 35.2 Å². The molecule has 0 aliphatic carbocycles. The van der Waals surface area contributed by atoms with Gasteiger partial charge in [-0.1, -0.05) is 18.2 Å². The normalized spacial score (nSPS) is 13.1. The molecule has 10 nitrogen and oxygen atoms in total. The molecule has 1 aliphatic heterocycles. The number of nitrogens with one attached hydrogen (secondary N) is 2. The fourth-order valence-electron chi connectivity index (χ4n) is 3.47. The monoisotopic (exact) mass is 476 g/mol. The number of hydrogen-bond donors (Lipinski definition) is 2. The number of rotatable bonds is 6. The number of hydrogen-bond acceptors (Lipinski definition) is 6. The van der Waals surface area contributed by atoms with E-state index >= 15 is 0 Å². The fraction of sp³-hybridized carbons (Fsp3) is 0.200. The number of benzene rings is 2. The second-order valence-corrected chi connectivity index (χ2v) is 7.75. The number of para-hydroxylation sites is 1. The first kappa shape index (κ1) is 23.6. The van der Waals surface area contributed by atoms with E-state index in [1.165, 1.54) is 24.5 Å². The Hall–Kier alpha value is -4.60. The maximum absolute atomic E-state index is 12.5. The van der Waals surface area contributed by atoms with E-state index in [9.17, 15) is 19.2 Å². The Labute approximate surface area is 201 Å². The Balaban J connectivity index is 1.20. The van der Waals surface area contributed by atoms with Gasteiger partial charge in [-0.2, -0.15) is 0 Å². The van der Waals surface area contributed by atoms with Gasteiger partial charge in [0, 0.05) is 37.6 Å². The van der Waals surface area contributed by atoms with Gasteiger partial charge >= 0.3 is 12.0 Å². The number of carbonyl (C=O) groups excluding carboxylic acids is 4. The number of ether oxygens (including phenoxy) is 1. The largest absolute Gasteiger partial charge is 0.459 e. The highest BCUT2D eigenvalue weighted by Gasteiger charge is 2.25. The standard InChI is InChI=1S/C25H24N4O6/c30-22(28-12-14-29(15-13-28)25(33)27-19-5-2-1-3-6-19)17-35-24(32)18-8-10-20(11-9-18)26-23(31)21-7-4-16-34-21/h1-11,16H,12-15,17H2,(H,26,31)(H,27,33). The second-order valence-electron chi connectivity index (χ2n) is 7.75. The van der Waals surface area contributed by atoms with Gasteiger partial charge in [0.1, 0.15) is 0 Å². The summed E-state index contributed by atoms with van der Waals surface area (Å²) < 4.78 is 10.2. The molecule has 0 bridgehead atoms. The zero-order valence-electron chi connectivity index (χ0n) is 18.8. The predicted octanol–water partition coefficient (Wildman–Crippen LogP) is 3.07. The lowest BCUT2D eigenvalue weighted by Gasteiger charge is -2.34. The first-order chi connectivity index (χ1) is 17.0. The summed E-state index contributed by atoms with van der Waals surface area (Å²) in [6, 6.07) is 18.2. The molecule has 35 heavy (non-hydrogen) atoms. The first-order valence-corrected chi connectivity index (χ1v) is 11.0. The van der Waals surface area contributed by atoms with Gasteiger partial charge in [-0.3, -0.25) is 9.59 Å². The van der Waals surface area contributed by atoms with Crippen LogP contribution in [0.5, 0.6) is 0 Å². The number of amides is 4. The molecule has 0 radical (unpaired) electrons. The number of piperazine rings is 1. The van der Waals surface area contributed by atoms with Crippen LogP contribution in [0.3, 0.4) is 0 Å². The summed E-state index contributed by atoms with van der Waals surface area (Å²) in [6.07, 6.45) is 1.40. The minimum atomic E-state index is -0.650. The molecule has 0 spiro atoms. The molecule has 0 saturated carbocycles.